The van der Waals surface area contributed by atoms with Crippen LogP contribution in [-0.2, 0) is 9.59 Å². The summed E-state index contributed by atoms with van der Waals surface area (Å²) in [4.78, 5) is 22.0. The first-order valence-electron chi connectivity index (χ1n) is 5.48. The van der Waals surface area contributed by atoms with Gasteiger partial charge in [0, 0.05) is 18.8 Å². The van der Waals surface area contributed by atoms with Crippen molar-refractivity contribution in [3.05, 3.63) is 0 Å². The third-order valence-corrected chi connectivity index (χ3v) is 2.93. The van der Waals surface area contributed by atoms with Crippen LogP contribution in [0.5, 0.6) is 0 Å². The van der Waals surface area contributed by atoms with Crippen molar-refractivity contribution >= 4 is 12.1 Å². The molecule has 3 unspecified atom stereocenters. The van der Waals surface area contributed by atoms with Gasteiger partial charge in [-0.05, 0) is 11.8 Å². The lowest BCUT2D eigenvalue weighted by Gasteiger charge is -2.14. The van der Waals surface area contributed by atoms with Crippen LogP contribution >= 0.6 is 0 Å². The van der Waals surface area contributed by atoms with Crippen LogP contribution in [0.15, 0.2) is 0 Å². The van der Waals surface area contributed by atoms with Gasteiger partial charge in [-0.3, -0.25) is 4.79 Å². The minimum atomic E-state index is -0.00381. The number of Topliss-reactive ketones (excluding diaryl/α,β-unsaturated/α-hetero) is 1. The molecule has 0 aromatic rings. The van der Waals surface area contributed by atoms with Gasteiger partial charge in [0.15, 0.2) is 0 Å². The van der Waals surface area contributed by atoms with E-state index >= 15 is 0 Å². The Hall–Kier alpha value is -0.660. The Morgan fingerprint density at radius 3 is 2.21 bits per heavy atom. The maximum atomic E-state index is 11.5. The average Bonchev–Trinajstić information content (AvgIpc) is 2.15. The Morgan fingerprint density at radius 1 is 1.21 bits per heavy atom. The molecule has 0 aromatic heterocycles. The quantitative estimate of drug-likeness (QED) is 0.589. The van der Waals surface area contributed by atoms with E-state index in [1.165, 1.54) is 0 Å². The highest BCUT2D eigenvalue weighted by atomic mass is 16.1. The van der Waals surface area contributed by atoms with E-state index in [0.717, 1.165) is 12.7 Å². The SMILES string of the molecule is CCC(C)CC(=O)CC(C)C(C)C=O. The third-order valence-electron chi connectivity index (χ3n) is 2.93. The maximum absolute atomic E-state index is 11.5. The Labute approximate surface area is 87.1 Å². The minimum Gasteiger partial charge on any atom is -0.303 e. The molecule has 0 rings (SSSR count). The molecule has 0 heterocycles. The lowest BCUT2D eigenvalue weighted by Crippen LogP contribution is -2.15. The van der Waals surface area contributed by atoms with Gasteiger partial charge in [-0.1, -0.05) is 34.1 Å². The van der Waals surface area contributed by atoms with Crippen LogP contribution in [0.2, 0.25) is 0 Å². The summed E-state index contributed by atoms with van der Waals surface area (Å²) < 4.78 is 0. The molecule has 0 bridgehead atoms. The van der Waals surface area contributed by atoms with Crippen LogP contribution < -0.4 is 0 Å². The minimum absolute atomic E-state index is 0.00381. The zero-order valence-corrected chi connectivity index (χ0v) is 9.75. The van der Waals surface area contributed by atoms with Crippen LogP contribution in [0.25, 0.3) is 0 Å². The Balaban J connectivity index is 3.87. The summed E-state index contributed by atoms with van der Waals surface area (Å²) in [6, 6.07) is 0. The van der Waals surface area contributed by atoms with Crippen LogP contribution in [0.1, 0.15) is 47.0 Å². The molecule has 0 radical (unpaired) electrons. The van der Waals surface area contributed by atoms with Gasteiger partial charge in [-0.2, -0.15) is 0 Å². The van der Waals surface area contributed by atoms with Crippen molar-refractivity contribution in [1.29, 1.82) is 0 Å². The summed E-state index contributed by atoms with van der Waals surface area (Å²) in [6.45, 7) is 8.02. The molecule has 0 N–H and O–H groups in total. The fourth-order valence-corrected chi connectivity index (χ4v) is 1.30. The molecule has 3 atom stereocenters. The predicted octanol–water partition coefficient (Wildman–Crippen LogP) is 2.85. The summed E-state index contributed by atoms with van der Waals surface area (Å²) in [6.07, 6.45) is 3.18. The lowest BCUT2D eigenvalue weighted by molar-refractivity contribution is -0.121. The van der Waals surface area contributed by atoms with Crippen LogP contribution in [0.4, 0.5) is 0 Å². The van der Waals surface area contributed by atoms with E-state index in [9.17, 15) is 9.59 Å². The molecule has 0 saturated heterocycles. The number of aldehydes is 1. The summed E-state index contributed by atoms with van der Waals surface area (Å²) >= 11 is 0. The molecule has 82 valence electrons. The monoisotopic (exact) mass is 198 g/mol. The molecule has 2 nitrogen and oxygen atoms in total. The van der Waals surface area contributed by atoms with E-state index in [1.807, 2.05) is 13.8 Å². The molecule has 0 spiro atoms. The second-order valence-corrected chi connectivity index (χ2v) is 4.43. The maximum Gasteiger partial charge on any atom is 0.133 e. The van der Waals surface area contributed by atoms with Gasteiger partial charge < -0.3 is 4.79 Å². The van der Waals surface area contributed by atoms with Gasteiger partial charge in [0.25, 0.3) is 0 Å². The lowest BCUT2D eigenvalue weighted by atomic mass is 9.89. The van der Waals surface area contributed by atoms with Crippen molar-refractivity contribution in [1.82, 2.24) is 0 Å². The summed E-state index contributed by atoms with van der Waals surface area (Å²) in [5.41, 5.74) is 0. The molecular weight excluding hydrogens is 176 g/mol. The van der Waals surface area contributed by atoms with E-state index in [4.69, 9.17) is 0 Å². The first-order valence-corrected chi connectivity index (χ1v) is 5.48. The van der Waals surface area contributed by atoms with E-state index in [2.05, 4.69) is 13.8 Å². The molecule has 0 aliphatic heterocycles. The van der Waals surface area contributed by atoms with E-state index in [1.54, 1.807) is 0 Å². The zero-order chi connectivity index (χ0) is 11.1. The smallest absolute Gasteiger partial charge is 0.133 e. The molecule has 0 aliphatic carbocycles. The molecular formula is C12H22O2. The molecule has 0 amide bonds. The highest BCUT2D eigenvalue weighted by molar-refractivity contribution is 5.79. The number of carbonyl (C=O) groups is 2. The van der Waals surface area contributed by atoms with Crippen molar-refractivity contribution in [2.24, 2.45) is 17.8 Å². The molecule has 0 aliphatic rings. The normalized spacial score (nSPS) is 17.1. The van der Waals surface area contributed by atoms with Crippen molar-refractivity contribution in [3.63, 3.8) is 0 Å². The molecule has 0 fully saturated rings. The number of ketones is 1. The molecule has 14 heavy (non-hydrogen) atoms. The fourth-order valence-electron chi connectivity index (χ4n) is 1.30. The second-order valence-electron chi connectivity index (χ2n) is 4.43. The van der Waals surface area contributed by atoms with Gasteiger partial charge >= 0.3 is 0 Å². The first kappa shape index (κ1) is 13.3. The first-order chi connectivity index (χ1) is 6.51. The largest absolute Gasteiger partial charge is 0.303 e. The van der Waals surface area contributed by atoms with Crippen molar-refractivity contribution in [2.45, 2.75) is 47.0 Å². The topological polar surface area (TPSA) is 34.1 Å². The second kappa shape index (κ2) is 6.74. The van der Waals surface area contributed by atoms with Crippen LogP contribution in [-0.4, -0.2) is 12.1 Å². The molecule has 0 aromatic carbocycles. The van der Waals surface area contributed by atoms with Gasteiger partial charge in [0.1, 0.15) is 12.1 Å². The number of hydrogen-bond acceptors (Lipinski definition) is 2. The van der Waals surface area contributed by atoms with Gasteiger partial charge in [0.05, 0.1) is 0 Å². The van der Waals surface area contributed by atoms with Gasteiger partial charge in [0.2, 0.25) is 0 Å². The van der Waals surface area contributed by atoms with E-state index < -0.39 is 0 Å². The standard InChI is InChI=1S/C12H22O2/c1-5-9(2)6-12(14)7-10(3)11(4)8-13/h8-11H,5-7H2,1-4H3. The van der Waals surface area contributed by atoms with Crippen LogP contribution in [0.3, 0.4) is 0 Å². The van der Waals surface area contributed by atoms with E-state index in [-0.39, 0.29) is 11.8 Å². The van der Waals surface area contributed by atoms with Crippen molar-refractivity contribution in [2.75, 3.05) is 0 Å². The number of hydrogen-bond donors (Lipinski definition) is 0. The zero-order valence-electron chi connectivity index (χ0n) is 9.75. The number of carbonyl (C=O) groups excluding carboxylic acids is 2. The highest BCUT2D eigenvalue weighted by Crippen LogP contribution is 2.16. The van der Waals surface area contributed by atoms with E-state index in [0.29, 0.717) is 24.5 Å². The fraction of sp³-hybridized carbons (Fsp3) is 0.833. The summed E-state index contributed by atoms with van der Waals surface area (Å²) in [5.74, 6) is 0.946. The average molecular weight is 198 g/mol. The van der Waals surface area contributed by atoms with Gasteiger partial charge in [-0.15, -0.1) is 0 Å². The summed E-state index contributed by atoms with van der Waals surface area (Å²) in [5, 5.41) is 0. The molecule has 0 saturated carbocycles. The Morgan fingerprint density at radius 2 is 1.79 bits per heavy atom. The molecule has 2 heteroatoms. The Kier molecular flexibility index (Phi) is 6.43. The highest BCUT2D eigenvalue weighted by Gasteiger charge is 2.16. The number of rotatable bonds is 7. The van der Waals surface area contributed by atoms with Crippen molar-refractivity contribution in [3.8, 4) is 0 Å². The predicted molar refractivity (Wildman–Crippen MR) is 58.1 cm³/mol. The Bertz CT molecular complexity index is 187. The van der Waals surface area contributed by atoms with Crippen LogP contribution in [0, 0.1) is 17.8 Å². The third kappa shape index (κ3) is 5.15. The van der Waals surface area contributed by atoms with Gasteiger partial charge in [-0.25, -0.2) is 0 Å². The van der Waals surface area contributed by atoms with Crippen molar-refractivity contribution < 1.29 is 9.59 Å². The summed E-state index contributed by atoms with van der Waals surface area (Å²) in [7, 11) is 0.